The molecule has 0 saturated carbocycles. The summed E-state index contributed by atoms with van der Waals surface area (Å²) in [7, 11) is 0. The van der Waals surface area contributed by atoms with Crippen LogP contribution in [0.25, 0.3) is 0 Å². The second kappa shape index (κ2) is 5.11. The third-order valence-corrected chi connectivity index (χ3v) is 1.80. The molecule has 0 saturated heterocycles. The fraction of sp³-hybridized carbons (Fsp3) is 0.667. The molecule has 0 aliphatic carbocycles. The summed E-state index contributed by atoms with van der Waals surface area (Å²) in [5, 5.41) is 0. The predicted molar refractivity (Wildman–Crippen MR) is 58.1 cm³/mol. The van der Waals surface area contributed by atoms with Crippen LogP contribution in [-0.2, 0) is 11.8 Å². The molecule has 0 N–H and O–H groups in total. The minimum absolute atomic E-state index is 0.146. The topological polar surface area (TPSA) is 13.1 Å². The molecule has 1 heterocycles. The van der Waals surface area contributed by atoms with Crippen LogP contribution in [0.1, 0.15) is 52.9 Å². The van der Waals surface area contributed by atoms with Crippen molar-refractivity contribution in [3.63, 3.8) is 0 Å². The standard InChI is InChI=1S/C10H16O.C2H6/c1-5-8-6-9(11-7-8)10(2,3)4;1-2/h6-7H,5H2,1-4H3;1-2H3. The van der Waals surface area contributed by atoms with Crippen LogP contribution in [0.15, 0.2) is 16.7 Å². The van der Waals surface area contributed by atoms with E-state index >= 15 is 0 Å². The molecule has 0 radical (unpaired) electrons. The molecule has 0 aliphatic heterocycles. The Labute approximate surface area is 82.2 Å². The minimum atomic E-state index is 0.146. The van der Waals surface area contributed by atoms with Crippen molar-refractivity contribution in [3.8, 4) is 0 Å². The smallest absolute Gasteiger partial charge is 0.109 e. The summed E-state index contributed by atoms with van der Waals surface area (Å²) in [4.78, 5) is 0. The summed E-state index contributed by atoms with van der Waals surface area (Å²) in [6, 6.07) is 2.14. The van der Waals surface area contributed by atoms with Crippen molar-refractivity contribution >= 4 is 0 Å². The summed E-state index contributed by atoms with van der Waals surface area (Å²) < 4.78 is 5.42. The second-order valence-corrected chi connectivity index (χ2v) is 3.92. The lowest BCUT2D eigenvalue weighted by atomic mass is 9.93. The molecule has 1 nitrogen and oxygen atoms in total. The van der Waals surface area contributed by atoms with E-state index in [1.165, 1.54) is 5.56 Å². The molecule has 0 aliphatic rings. The molecule has 76 valence electrons. The van der Waals surface area contributed by atoms with Crippen LogP contribution in [-0.4, -0.2) is 0 Å². The first-order valence-corrected chi connectivity index (χ1v) is 5.12. The molecule has 1 rings (SSSR count). The lowest BCUT2D eigenvalue weighted by molar-refractivity contribution is 0.409. The predicted octanol–water partition coefficient (Wildman–Crippen LogP) is 4.17. The molecular formula is C12H22O. The van der Waals surface area contributed by atoms with Gasteiger partial charge in [0.25, 0.3) is 0 Å². The van der Waals surface area contributed by atoms with Gasteiger partial charge in [-0.3, -0.25) is 0 Å². The molecule has 1 heteroatoms. The monoisotopic (exact) mass is 182 g/mol. The van der Waals surface area contributed by atoms with Crippen molar-refractivity contribution < 1.29 is 4.42 Å². The summed E-state index contributed by atoms with van der Waals surface area (Å²) in [5.41, 5.74) is 1.43. The Morgan fingerprint density at radius 1 is 1.23 bits per heavy atom. The van der Waals surface area contributed by atoms with E-state index in [0.717, 1.165) is 12.2 Å². The lowest BCUT2D eigenvalue weighted by Crippen LogP contribution is -2.09. The zero-order chi connectivity index (χ0) is 10.5. The van der Waals surface area contributed by atoms with Crippen molar-refractivity contribution in [2.75, 3.05) is 0 Å². The van der Waals surface area contributed by atoms with E-state index in [-0.39, 0.29) is 5.41 Å². The SMILES string of the molecule is CC.CCc1coc(C(C)(C)C)c1. The third kappa shape index (κ3) is 3.67. The number of hydrogen-bond donors (Lipinski definition) is 0. The highest BCUT2D eigenvalue weighted by atomic mass is 16.3. The quantitative estimate of drug-likeness (QED) is 0.635. The van der Waals surface area contributed by atoms with Crippen molar-refractivity contribution in [2.45, 2.75) is 53.4 Å². The summed E-state index contributed by atoms with van der Waals surface area (Å²) in [6.07, 6.45) is 2.90. The largest absolute Gasteiger partial charge is 0.469 e. The molecule has 1 aromatic heterocycles. The fourth-order valence-electron chi connectivity index (χ4n) is 0.954. The molecular weight excluding hydrogens is 160 g/mol. The van der Waals surface area contributed by atoms with Gasteiger partial charge in [0.1, 0.15) is 5.76 Å². The summed E-state index contributed by atoms with van der Waals surface area (Å²) in [5.74, 6) is 1.08. The highest BCUT2D eigenvalue weighted by Crippen LogP contribution is 2.24. The van der Waals surface area contributed by atoms with Crippen molar-refractivity contribution in [3.05, 3.63) is 23.7 Å². The van der Waals surface area contributed by atoms with E-state index in [9.17, 15) is 0 Å². The highest BCUT2D eigenvalue weighted by molar-refractivity contribution is 5.17. The van der Waals surface area contributed by atoms with Crippen LogP contribution < -0.4 is 0 Å². The van der Waals surface area contributed by atoms with Gasteiger partial charge in [-0.2, -0.15) is 0 Å². The van der Waals surface area contributed by atoms with Gasteiger partial charge in [0.05, 0.1) is 6.26 Å². The van der Waals surface area contributed by atoms with Gasteiger partial charge in [-0.25, -0.2) is 0 Å². The Hall–Kier alpha value is -0.720. The first kappa shape index (κ1) is 12.3. The van der Waals surface area contributed by atoms with E-state index in [4.69, 9.17) is 4.42 Å². The first-order chi connectivity index (χ1) is 6.04. The van der Waals surface area contributed by atoms with Gasteiger partial charge in [-0.1, -0.05) is 41.5 Å². The summed E-state index contributed by atoms with van der Waals surface area (Å²) >= 11 is 0. The molecule has 0 unspecified atom stereocenters. The molecule has 0 amide bonds. The average molecular weight is 182 g/mol. The van der Waals surface area contributed by atoms with E-state index in [1.807, 2.05) is 20.1 Å². The normalized spacial score (nSPS) is 10.6. The Balaban J connectivity index is 0.000000671. The van der Waals surface area contributed by atoms with Gasteiger partial charge in [0.15, 0.2) is 0 Å². The van der Waals surface area contributed by atoms with Crippen molar-refractivity contribution in [1.82, 2.24) is 0 Å². The maximum atomic E-state index is 5.42. The van der Waals surface area contributed by atoms with Crippen LogP contribution in [0.3, 0.4) is 0 Å². The van der Waals surface area contributed by atoms with Crippen LogP contribution in [0.2, 0.25) is 0 Å². The van der Waals surface area contributed by atoms with Gasteiger partial charge >= 0.3 is 0 Å². The Morgan fingerprint density at radius 3 is 2.00 bits per heavy atom. The number of hydrogen-bond acceptors (Lipinski definition) is 1. The average Bonchev–Trinajstić information content (AvgIpc) is 2.54. The molecule has 0 bridgehead atoms. The summed E-state index contributed by atoms with van der Waals surface area (Å²) in [6.45, 7) is 12.6. The Bertz CT molecular complexity index is 228. The van der Waals surface area contributed by atoms with Crippen molar-refractivity contribution in [2.24, 2.45) is 0 Å². The number of aryl methyl sites for hydroxylation is 1. The van der Waals surface area contributed by atoms with Gasteiger partial charge in [-0.05, 0) is 18.1 Å². The van der Waals surface area contributed by atoms with Crippen molar-refractivity contribution in [1.29, 1.82) is 0 Å². The zero-order valence-electron chi connectivity index (χ0n) is 9.77. The maximum absolute atomic E-state index is 5.42. The van der Waals surface area contributed by atoms with Crippen LogP contribution in [0.4, 0.5) is 0 Å². The second-order valence-electron chi connectivity index (χ2n) is 3.92. The van der Waals surface area contributed by atoms with Crippen LogP contribution in [0.5, 0.6) is 0 Å². The Kier molecular flexibility index (Phi) is 4.82. The molecule has 0 spiro atoms. The van der Waals surface area contributed by atoms with Gasteiger partial charge in [-0.15, -0.1) is 0 Å². The molecule has 0 atom stereocenters. The number of rotatable bonds is 1. The molecule has 13 heavy (non-hydrogen) atoms. The lowest BCUT2D eigenvalue weighted by Gasteiger charge is -2.13. The van der Waals surface area contributed by atoms with Crippen LogP contribution in [0, 0.1) is 0 Å². The molecule has 0 aromatic carbocycles. The first-order valence-electron chi connectivity index (χ1n) is 5.12. The number of furan rings is 1. The molecule has 0 fully saturated rings. The maximum Gasteiger partial charge on any atom is 0.109 e. The van der Waals surface area contributed by atoms with Crippen LogP contribution >= 0.6 is 0 Å². The van der Waals surface area contributed by atoms with Gasteiger partial charge in [0.2, 0.25) is 0 Å². The van der Waals surface area contributed by atoms with Gasteiger partial charge < -0.3 is 4.42 Å². The van der Waals surface area contributed by atoms with E-state index in [1.54, 1.807) is 0 Å². The van der Waals surface area contributed by atoms with Gasteiger partial charge in [0, 0.05) is 5.41 Å². The third-order valence-electron chi connectivity index (χ3n) is 1.80. The minimum Gasteiger partial charge on any atom is -0.469 e. The van der Waals surface area contributed by atoms with E-state index in [2.05, 4.69) is 33.8 Å². The van der Waals surface area contributed by atoms with E-state index < -0.39 is 0 Å². The Morgan fingerprint density at radius 2 is 1.77 bits per heavy atom. The molecule has 1 aromatic rings. The highest BCUT2D eigenvalue weighted by Gasteiger charge is 2.17. The fourth-order valence-corrected chi connectivity index (χ4v) is 0.954. The van der Waals surface area contributed by atoms with E-state index in [0.29, 0.717) is 0 Å². The zero-order valence-corrected chi connectivity index (χ0v) is 9.77.